The molecule has 2 N–H and O–H groups in total. The van der Waals surface area contributed by atoms with Crippen molar-refractivity contribution >= 4 is 18.0 Å². The maximum Gasteiger partial charge on any atom is 0.407 e. The van der Waals surface area contributed by atoms with E-state index in [2.05, 4.69) is 36.5 Å². The minimum absolute atomic E-state index is 0.0205. The zero-order valence-electron chi connectivity index (χ0n) is 18.8. The number of likely N-dealkylation sites (tertiary alicyclic amines) is 1. The number of amides is 2. The van der Waals surface area contributed by atoms with Crippen LogP contribution in [0.1, 0.15) is 49.7 Å². The molecule has 4 rings (SSSR count). The predicted molar refractivity (Wildman–Crippen MR) is 124 cm³/mol. The van der Waals surface area contributed by atoms with Crippen LogP contribution in [-0.4, -0.2) is 53.7 Å². The fourth-order valence-corrected chi connectivity index (χ4v) is 4.66. The van der Waals surface area contributed by atoms with Gasteiger partial charge in [0.1, 0.15) is 6.61 Å². The number of ether oxygens (including phenoxy) is 1. The molecule has 0 unspecified atom stereocenters. The highest BCUT2D eigenvalue weighted by atomic mass is 16.5. The molecule has 1 aliphatic heterocycles. The van der Waals surface area contributed by atoms with Gasteiger partial charge < -0.3 is 20.1 Å². The van der Waals surface area contributed by atoms with E-state index in [1.807, 2.05) is 24.3 Å². The molecule has 2 aromatic rings. The molecule has 33 heavy (non-hydrogen) atoms. The van der Waals surface area contributed by atoms with Gasteiger partial charge in [-0.25, -0.2) is 4.79 Å². The Morgan fingerprint density at radius 2 is 1.67 bits per heavy atom. The number of rotatable bonds is 9. The second kappa shape index (κ2) is 10.1. The zero-order valence-corrected chi connectivity index (χ0v) is 18.8. The van der Waals surface area contributed by atoms with Crippen LogP contribution in [0.5, 0.6) is 0 Å². The summed E-state index contributed by atoms with van der Waals surface area (Å²) in [7, 11) is 0. The molecule has 2 aliphatic rings. The number of fused-ring (bicyclic) bond motifs is 3. The lowest BCUT2D eigenvalue weighted by molar-refractivity contribution is -0.152. The second-order valence-electron chi connectivity index (χ2n) is 8.85. The molecule has 0 saturated carbocycles. The Hall–Kier alpha value is -3.35. The minimum Gasteiger partial charge on any atom is -0.481 e. The molecule has 1 fully saturated rings. The fraction of sp³-hybridized carbons (Fsp3) is 0.423. The molecule has 0 aromatic heterocycles. The van der Waals surface area contributed by atoms with Crippen LogP contribution in [0.2, 0.25) is 0 Å². The van der Waals surface area contributed by atoms with Gasteiger partial charge in [0.15, 0.2) is 0 Å². The molecule has 2 amide bonds. The zero-order chi connectivity index (χ0) is 23.4. The molecular formula is C26H30N2O5. The molecule has 7 heteroatoms. The predicted octanol–water partition coefficient (Wildman–Crippen LogP) is 4.02. The first-order valence-corrected chi connectivity index (χ1v) is 11.6. The third kappa shape index (κ3) is 5.02. The van der Waals surface area contributed by atoms with E-state index in [1.165, 1.54) is 16.0 Å². The number of unbranched alkanes of at least 4 members (excludes halogenated alkanes) is 1. The highest BCUT2D eigenvalue weighted by Gasteiger charge is 2.36. The van der Waals surface area contributed by atoms with Crippen LogP contribution in [0.25, 0.3) is 11.1 Å². The van der Waals surface area contributed by atoms with Crippen molar-refractivity contribution in [2.75, 3.05) is 19.7 Å². The number of carboxylic acids is 1. The van der Waals surface area contributed by atoms with Crippen LogP contribution < -0.4 is 5.32 Å². The van der Waals surface area contributed by atoms with Crippen LogP contribution in [0.3, 0.4) is 0 Å². The number of nitrogens with one attached hydrogen (secondary N) is 1. The number of alkyl carbamates (subject to hydrolysis) is 1. The number of carbonyl (C=O) groups excluding carboxylic acids is 2. The van der Waals surface area contributed by atoms with Gasteiger partial charge in [-0.2, -0.15) is 0 Å². The van der Waals surface area contributed by atoms with Gasteiger partial charge in [-0.15, -0.1) is 0 Å². The van der Waals surface area contributed by atoms with Crippen LogP contribution in [0.15, 0.2) is 48.5 Å². The Kier molecular flexibility index (Phi) is 6.96. The first-order valence-electron chi connectivity index (χ1n) is 11.6. The molecule has 1 aliphatic carbocycles. The van der Waals surface area contributed by atoms with Gasteiger partial charge >= 0.3 is 12.1 Å². The molecule has 174 valence electrons. The normalized spacial score (nSPS) is 15.8. The summed E-state index contributed by atoms with van der Waals surface area (Å²) in [6.07, 6.45) is 2.11. The Labute approximate surface area is 193 Å². The van der Waals surface area contributed by atoms with Crippen molar-refractivity contribution in [3.8, 4) is 11.1 Å². The molecule has 7 nitrogen and oxygen atoms in total. The van der Waals surface area contributed by atoms with E-state index in [0.717, 1.165) is 24.0 Å². The van der Waals surface area contributed by atoms with Gasteiger partial charge in [-0.1, -0.05) is 68.3 Å². The minimum atomic E-state index is -0.877. The third-order valence-corrected chi connectivity index (χ3v) is 6.58. The van der Waals surface area contributed by atoms with E-state index in [0.29, 0.717) is 6.42 Å². The summed E-state index contributed by atoms with van der Waals surface area (Å²) in [4.78, 5) is 37.7. The number of hydrogen-bond donors (Lipinski definition) is 2. The molecule has 1 heterocycles. The van der Waals surface area contributed by atoms with Crippen LogP contribution in [0.4, 0.5) is 4.79 Å². The highest BCUT2D eigenvalue weighted by molar-refractivity contribution is 5.82. The monoisotopic (exact) mass is 450 g/mol. The number of hydrogen-bond acceptors (Lipinski definition) is 4. The van der Waals surface area contributed by atoms with Gasteiger partial charge in [0.25, 0.3) is 0 Å². The van der Waals surface area contributed by atoms with E-state index >= 15 is 0 Å². The van der Waals surface area contributed by atoms with Crippen molar-refractivity contribution in [3.63, 3.8) is 0 Å². The van der Waals surface area contributed by atoms with Gasteiger partial charge in [0.05, 0.1) is 5.92 Å². The number of carbonyl (C=O) groups is 3. The maximum atomic E-state index is 12.6. The van der Waals surface area contributed by atoms with Gasteiger partial charge in [-0.05, 0) is 28.7 Å². The lowest BCUT2D eigenvalue weighted by Gasteiger charge is -2.37. The molecule has 0 spiro atoms. The van der Waals surface area contributed by atoms with Crippen molar-refractivity contribution in [2.45, 2.75) is 44.6 Å². The first-order chi connectivity index (χ1) is 16.0. The average Bonchev–Trinajstić information content (AvgIpc) is 3.08. The molecule has 1 atom stereocenters. The van der Waals surface area contributed by atoms with Gasteiger partial charge in [-0.3, -0.25) is 9.59 Å². The van der Waals surface area contributed by atoms with E-state index < -0.39 is 18.0 Å². The Bertz CT molecular complexity index is 985. The Morgan fingerprint density at radius 3 is 2.24 bits per heavy atom. The van der Waals surface area contributed by atoms with Crippen molar-refractivity contribution in [1.29, 1.82) is 0 Å². The Morgan fingerprint density at radius 1 is 1.06 bits per heavy atom. The highest BCUT2D eigenvalue weighted by Crippen LogP contribution is 2.44. The van der Waals surface area contributed by atoms with Crippen LogP contribution >= 0.6 is 0 Å². The van der Waals surface area contributed by atoms with E-state index in [9.17, 15) is 14.4 Å². The SMILES string of the molecule is CCCC[C@H](CC(=O)N1CC(C(=O)O)C1)NC(=O)OCC1c2ccccc2-c2ccccc21. The summed E-state index contributed by atoms with van der Waals surface area (Å²) in [5.74, 6) is -1.52. The average molecular weight is 451 g/mol. The summed E-state index contributed by atoms with van der Waals surface area (Å²) < 4.78 is 5.63. The standard InChI is InChI=1S/C26H30N2O5/c1-2-3-8-18(13-24(29)28-14-17(15-28)25(30)31)27-26(32)33-16-23-21-11-6-4-9-19(21)20-10-5-7-12-22(20)23/h4-7,9-12,17-18,23H,2-3,8,13-16H2,1H3,(H,27,32)(H,30,31)/t18-/m1/s1. The van der Waals surface area contributed by atoms with Crippen LogP contribution in [0, 0.1) is 5.92 Å². The fourth-order valence-electron chi connectivity index (χ4n) is 4.66. The van der Waals surface area contributed by atoms with Gasteiger partial charge in [0, 0.05) is 31.5 Å². The second-order valence-corrected chi connectivity index (χ2v) is 8.85. The summed E-state index contributed by atoms with van der Waals surface area (Å²) in [6, 6.07) is 16.0. The summed E-state index contributed by atoms with van der Waals surface area (Å²) in [5, 5.41) is 11.9. The van der Waals surface area contributed by atoms with E-state index in [1.54, 1.807) is 0 Å². The summed E-state index contributed by atoms with van der Waals surface area (Å²) in [6.45, 7) is 2.75. The maximum absolute atomic E-state index is 12.6. The van der Waals surface area contributed by atoms with E-state index in [-0.39, 0.29) is 44.0 Å². The molecular weight excluding hydrogens is 420 g/mol. The van der Waals surface area contributed by atoms with Gasteiger partial charge in [0.2, 0.25) is 5.91 Å². The molecule has 0 bridgehead atoms. The van der Waals surface area contributed by atoms with E-state index in [4.69, 9.17) is 9.84 Å². The lowest BCUT2D eigenvalue weighted by Crippen LogP contribution is -2.54. The first kappa shape index (κ1) is 22.8. The number of nitrogens with zero attached hydrogens (tertiary/aromatic N) is 1. The molecule has 0 radical (unpaired) electrons. The lowest BCUT2D eigenvalue weighted by atomic mass is 9.98. The molecule has 2 aromatic carbocycles. The largest absolute Gasteiger partial charge is 0.481 e. The van der Waals surface area contributed by atoms with Crippen molar-refractivity contribution in [3.05, 3.63) is 59.7 Å². The van der Waals surface area contributed by atoms with Crippen LogP contribution in [-0.2, 0) is 14.3 Å². The van der Waals surface area contributed by atoms with Crippen molar-refractivity contribution in [1.82, 2.24) is 10.2 Å². The third-order valence-electron chi connectivity index (χ3n) is 6.58. The topological polar surface area (TPSA) is 95.9 Å². The number of carboxylic acid groups (broad SMARTS) is 1. The number of aliphatic carboxylic acids is 1. The Balaban J connectivity index is 1.34. The number of benzene rings is 2. The van der Waals surface area contributed by atoms with Crippen molar-refractivity contribution < 1.29 is 24.2 Å². The quantitative estimate of drug-likeness (QED) is 0.602. The molecule has 1 saturated heterocycles. The van der Waals surface area contributed by atoms with Crippen molar-refractivity contribution in [2.24, 2.45) is 5.92 Å². The summed E-state index contributed by atoms with van der Waals surface area (Å²) >= 11 is 0. The summed E-state index contributed by atoms with van der Waals surface area (Å²) in [5.41, 5.74) is 4.63. The smallest absolute Gasteiger partial charge is 0.407 e.